The molecule has 6 rings (SSSR count). The van der Waals surface area contributed by atoms with Gasteiger partial charge < -0.3 is 19.5 Å². The summed E-state index contributed by atoms with van der Waals surface area (Å²) in [6, 6.07) is 26.7. The maximum Gasteiger partial charge on any atom is 0.213 e. The zero-order valence-corrected chi connectivity index (χ0v) is 20.9. The van der Waals surface area contributed by atoms with Crippen molar-refractivity contribution in [2.24, 2.45) is 0 Å². The smallest absolute Gasteiger partial charge is 0.213 e. The summed E-state index contributed by atoms with van der Waals surface area (Å²) >= 11 is 0. The SMILES string of the molecule is O=CC1c2ccccc2Cc2cccc(C3CCN(CC(O)COc4ccc5ccccc5n4)CC3)c21. The van der Waals surface area contributed by atoms with E-state index in [9.17, 15) is 9.90 Å². The first kappa shape index (κ1) is 23.8. The number of rotatable bonds is 7. The van der Waals surface area contributed by atoms with Crippen LogP contribution in [0.15, 0.2) is 78.9 Å². The quantitative estimate of drug-likeness (QED) is 0.364. The van der Waals surface area contributed by atoms with Crippen LogP contribution in [0.1, 0.15) is 52.5 Å². The third kappa shape index (κ3) is 4.89. The zero-order chi connectivity index (χ0) is 25.2. The summed E-state index contributed by atoms with van der Waals surface area (Å²) in [7, 11) is 0. The lowest BCUT2D eigenvalue weighted by molar-refractivity contribution is -0.108. The number of aliphatic hydroxyl groups is 1. The van der Waals surface area contributed by atoms with Crippen LogP contribution in [0.5, 0.6) is 5.88 Å². The maximum atomic E-state index is 12.3. The fourth-order valence-corrected chi connectivity index (χ4v) is 6.11. The summed E-state index contributed by atoms with van der Waals surface area (Å²) in [6.07, 6.45) is 3.47. The van der Waals surface area contributed by atoms with E-state index in [1.165, 1.54) is 22.3 Å². The lowest BCUT2D eigenvalue weighted by Gasteiger charge is -2.36. The second kappa shape index (κ2) is 10.4. The molecule has 188 valence electrons. The summed E-state index contributed by atoms with van der Waals surface area (Å²) in [5, 5.41) is 11.7. The molecule has 0 bridgehead atoms. The predicted octanol–water partition coefficient (Wildman–Crippen LogP) is 5.09. The molecule has 1 saturated heterocycles. The summed E-state index contributed by atoms with van der Waals surface area (Å²) in [5.74, 6) is 0.780. The van der Waals surface area contributed by atoms with Crippen LogP contribution >= 0.6 is 0 Å². The molecular formula is C32H32N2O3. The third-order valence-electron chi connectivity index (χ3n) is 7.94. The van der Waals surface area contributed by atoms with Crippen molar-refractivity contribution >= 4 is 17.2 Å². The van der Waals surface area contributed by atoms with Crippen molar-refractivity contribution in [2.45, 2.75) is 37.2 Å². The molecule has 2 heterocycles. The third-order valence-corrected chi connectivity index (χ3v) is 7.94. The maximum absolute atomic E-state index is 12.3. The Morgan fingerprint density at radius 1 is 0.919 bits per heavy atom. The first-order valence-electron chi connectivity index (χ1n) is 13.2. The number of piperidine rings is 1. The number of β-amino-alcohol motifs (C(OH)–C–C–N with tert-alkyl or cyclic N) is 1. The van der Waals surface area contributed by atoms with Crippen molar-refractivity contribution < 1.29 is 14.6 Å². The summed E-state index contributed by atoms with van der Waals surface area (Å²) in [5.41, 5.74) is 7.14. The number of nitrogens with zero attached hydrogens (tertiary/aromatic N) is 2. The zero-order valence-electron chi connectivity index (χ0n) is 20.9. The number of fused-ring (bicyclic) bond motifs is 3. The molecule has 0 amide bonds. The van der Waals surface area contributed by atoms with E-state index in [0.717, 1.165) is 55.1 Å². The van der Waals surface area contributed by atoms with Crippen LogP contribution in [-0.2, 0) is 11.2 Å². The second-order valence-electron chi connectivity index (χ2n) is 10.3. The number of likely N-dealkylation sites (tertiary alicyclic amines) is 1. The highest BCUT2D eigenvalue weighted by molar-refractivity contribution is 5.78. The van der Waals surface area contributed by atoms with E-state index in [1.54, 1.807) is 0 Å². The molecular weight excluding hydrogens is 460 g/mol. The van der Waals surface area contributed by atoms with Gasteiger partial charge in [-0.15, -0.1) is 0 Å². The molecule has 0 saturated carbocycles. The molecule has 0 radical (unpaired) electrons. The van der Waals surface area contributed by atoms with Crippen molar-refractivity contribution in [3.63, 3.8) is 0 Å². The Hall–Kier alpha value is -3.54. The van der Waals surface area contributed by atoms with E-state index in [1.807, 2.05) is 42.5 Å². The number of pyridine rings is 1. The van der Waals surface area contributed by atoms with Gasteiger partial charge in [0.05, 0.1) is 11.4 Å². The lowest BCUT2D eigenvalue weighted by Crippen LogP contribution is -2.40. The van der Waals surface area contributed by atoms with Crippen molar-refractivity contribution in [1.82, 2.24) is 9.88 Å². The van der Waals surface area contributed by atoms with Crippen LogP contribution in [0.2, 0.25) is 0 Å². The topological polar surface area (TPSA) is 62.7 Å². The highest BCUT2D eigenvalue weighted by Gasteiger charge is 2.31. The van der Waals surface area contributed by atoms with Gasteiger partial charge in [-0.2, -0.15) is 0 Å². The normalized spacial score (nSPS) is 18.7. The number of aldehydes is 1. The van der Waals surface area contributed by atoms with Crippen molar-refractivity contribution in [2.75, 3.05) is 26.2 Å². The van der Waals surface area contributed by atoms with Crippen LogP contribution in [0.25, 0.3) is 10.9 Å². The molecule has 2 unspecified atom stereocenters. The number of hydrogen-bond acceptors (Lipinski definition) is 5. The van der Waals surface area contributed by atoms with E-state index in [2.05, 4.69) is 46.3 Å². The molecule has 2 atom stereocenters. The van der Waals surface area contributed by atoms with Crippen molar-refractivity contribution in [3.8, 4) is 5.88 Å². The van der Waals surface area contributed by atoms with Gasteiger partial charge in [-0.1, -0.05) is 60.7 Å². The molecule has 1 aromatic heterocycles. The first-order valence-corrected chi connectivity index (χ1v) is 13.2. The molecule has 3 aromatic carbocycles. The Kier molecular flexibility index (Phi) is 6.73. The predicted molar refractivity (Wildman–Crippen MR) is 145 cm³/mol. The average molecular weight is 493 g/mol. The van der Waals surface area contributed by atoms with Gasteiger partial charge in [0.2, 0.25) is 5.88 Å². The fraction of sp³-hybridized carbons (Fsp3) is 0.312. The highest BCUT2D eigenvalue weighted by Crippen LogP contribution is 2.41. The van der Waals surface area contributed by atoms with Gasteiger partial charge in [-0.25, -0.2) is 4.98 Å². The van der Waals surface area contributed by atoms with Crippen LogP contribution in [0, 0.1) is 0 Å². The number of carbonyl (C=O) groups is 1. The van der Waals surface area contributed by atoms with Gasteiger partial charge in [-0.05, 0) is 78.2 Å². The standard InChI is InChI=1S/C32H32N2O3/c35-20-29-27-9-3-1-7-24(27)18-25-8-5-10-28(32(25)29)22-14-16-34(17-15-22)19-26(36)21-37-31-13-12-23-6-2-4-11-30(23)33-31/h1-13,20,22,26,29,36H,14-19,21H2. The number of benzene rings is 3. The minimum Gasteiger partial charge on any atom is -0.475 e. The first-order chi connectivity index (χ1) is 18.2. The summed E-state index contributed by atoms with van der Waals surface area (Å²) in [6.45, 7) is 2.64. The van der Waals surface area contributed by atoms with Gasteiger partial charge in [0.25, 0.3) is 0 Å². The van der Waals surface area contributed by atoms with Crippen LogP contribution in [0.3, 0.4) is 0 Å². The highest BCUT2D eigenvalue weighted by atomic mass is 16.5. The van der Waals surface area contributed by atoms with Gasteiger partial charge in [0, 0.05) is 18.0 Å². The molecule has 5 nitrogen and oxygen atoms in total. The number of ether oxygens (including phenoxy) is 1. The Balaban J connectivity index is 1.07. The Bertz CT molecular complexity index is 1410. The number of carbonyl (C=O) groups excluding carboxylic acids is 1. The number of para-hydroxylation sites is 1. The summed E-state index contributed by atoms with van der Waals surface area (Å²) in [4.78, 5) is 19.1. The lowest BCUT2D eigenvalue weighted by atomic mass is 9.73. The van der Waals surface area contributed by atoms with E-state index in [0.29, 0.717) is 18.3 Å². The van der Waals surface area contributed by atoms with Gasteiger partial charge in [0.15, 0.2) is 0 Å². The molecule has 0 spiro atoms. The minimum absolute atomic E-state index is 0.183. The average Bonchev–Trinajstić information content (AvgIpc) is 2.95. The second-order valence-corrected chi connectivity index (χ2v) is 10.3. The van der Waals surface area contributed by atoms with Crippen molar-refractivity contribution in [3.05, 3.63) is 107 Å². The van der Waals surface area contributed by atoms with Crippen LogP contribution in [0.4, 0.5) is 0 Å². The minimum atomic E-state index is -0.578. The Morgan fingerprint density at radius 3 is 2.54 bits per heavy atom. The van der Waals surface area contributed by atoms with Gasteiger partial charge in [-0.3, -0.25) is 0 Å². The molecule has 37 heavy (non-hydrogen) atoms. The monoisotopic (exact) mass is 492 g/mol. The van der Waals surface area contributed by atoms with Crippen LogP contribution in [-0.4, -0.2) is 53.6 Å². The Morgan fingerprint density at radius 2 is 1.68 bits per heavy atom. The number of aromatic nitrogens is 1. The molecule has 2 aliphatic rings. The van der Waals surface area contributed by atoms with E-state index < -0.39 is 6.10 Å². The largest absolute Gasteiger partial charge is 0.475 e. The molecule has 5 heteroatoms. The number of aliphatic hydroxyl groups excluding tert-OH is 1. The molecule has 1 aliphatic heterocycles. The Labute approximate surface area is 217 Å². The van der Waals surface area contributed by atoms with Crippen molar-refractivity contribution in [1.29, 1.82) is 0 Å². The summed E-state index contributed by atoms with van der Waals surface area (Å²) < 4.78 is 5.80. The van der Waals surface area contributed by atoms with E-state index >= 15 is 0 Å². The molecule has 1 aliphatic carbocycles. The van der Waals surface area contributed by atoms with Gasteiger partial charge in [0.1, 0.15) is 19.0 Å². The van der Waals surface area contributed by atoms with Gasteiger partial charge >= 0.3 is 0 Å². The fourth-order valence-electron chi connectivity index (χ4n) is 6.11. The number of hydrogen-bond donors (Lipinski definition) is 1. The van der Waals surface area contributed by atoms with E-state index in [-0.39, 0.29) is 12.5 Å². The van der Waals surface area contributed by atoms with E-state index in [4.69, 9.17) is 4.74 Å². The molecule has 1 N–H and O–H groups in total. The molecule has 1 fully saturated rings. The van der Waals surface area contributed by atoms with Crippen LogP contribution < -0.4 is 4.74 Å². The molecule has 4 aromatic rings.